The molecule has 4 heteroatoms. The van der Waals surface area contributed by atoms with Crippen molar-refractivity contribution in [3.8, 4) is 0 Å². The molecule has 0 radical (unpaired) electrons. The van der Waals surface area contributed by atoms with E-state index in [2.05, 4.69) is 11.3 Å². The van der Waals surface area contributed by atoms with E-state index in [0.29, 0.717) is 12.2 Å². The molecule has 0 fully saturated rings. The SMILES string of the molecule is C=C(C)OC(CCC)OC(=O)O. The molecule has 0 aromatic rings. The lowest BCUT2D eigenvalue weighted by Gasteiger charge is -2.16. The minimum atomic E-state index is -1.32. The summed E-state index contributed by atoms with van der Waals surface area (Å²) in [5.41, 5.74) is 0. The molecule has 70 valence electrons. The second kappa shape index (κ2) is 5.46. The zero-order chi connectivity index (χ0) is 9.56. The van der Waals surface area contributed by atoms with Gasteiger partial charge in [-0.1, -0.05) is 13.5 Å². The number of allylic oxidation sites excluding steroid dienone is 1. The number of hydrogen-bond donors (Lipinski definition) is 1. The minimum Gasteiger partial charge on any atom is -0.460 e. The Morgan fingerprint density at radius 2 is 2.17 bits per heavy atom. The molecule has 0 aromatic heterocycles. The van der Waals surface area contributed by atoms with Crippen LogP contribution in [0.25, 0.3) is 0 Å². The molecule has 1 unspecified atom stereocenters. The fraction of sp³-hybridized carbons (Fsp3) is 0.625. The molecular formula is C8H14O4. The van der Waals surface area contributed by atoms with E-state index in [1.807, 2.05) is 6.92 Å². The van der Waals surface area contributed by atoms with Gasteiger partial charge in [0.2, 0.25) is 6.29 Å². The minimum absolute atomic E-state index is 0.453. The van der Waals surface area contributed by atoms with Crippen LogP contribution in [0.1, 0.15) is 26.7 Å². The zero-order valence-electron chi connectivity index (χ0n) is 7.37. The van der Waals surface area contributed by atoms with Crippen LogP contribution in [0.3, 0.4) is 0 Å². The summed E-state index contributed by atoms with van der Waals surface area (Å²) in [6.07, 6.45) is -0.704. The molecule has 0 saturated heterocycles. The first-order chi connectivity index (χ1) is 5.56. The Bertz CT molecular complexity index is 148. The van der Waals surface area contributed by atoms with Crippen molar-refractivity contribution >= 4 is 6.16 Å². The number of ether oxygens (including phenoxy) is 2. The van der Waals surface area contributed by atoms with Crippen LogP contribution >= 0.6 is 0 Å². The van der Waals surface area contributed by atoms with E-state index in [1.54, 1.807) is 6.92 Å². The van der Waals surface area contributed by atoms with Crippen LogP contribution in [0, 0.1) is 0 Å². The monoisotopic (exact) mass is 174 g/mol. The lowest BCUT2D eigenvalue weighted by Crippen LogP contribution is -2.19. The lowest BCUT2D eigenvalue weighted by atomic mass is 10.3. The van der Waals surface area contributed by atoms with Gasteiger partial charge in [-0.25, -0.2) is 4.79 Å². The van der Waals surface area contributed by atoms with Gasteiger partial charge < -0.3 is 14.6 Å². The zero-order valence-corrected chi connectivity index (χ0v) is 7.37. The van der Waals surface area contributed by atoms with Crippen LogP contribution in [0.5, 0.6) is 0 Å². The summed E-state index contributed by atoms with van der Waals surface area (Å²) >= 11 is 0. The molecule has 0 heterocycles. The van der Waals surface area contributed by atoms with Crippen molar-refractivity contribution in [2.45, 2.75) is 33.0 Å². The van der Waals surface area contributed by atoms with Crippen molar-refractivity contribution in [2.75, 3.05) is 0 Å². The predicted molar refractivity (Wildman–Crippen MR) is 43.7 cm³/mol. The Kier molecular flexibility index (Phi) is 4.92. The Morgan fingerprint density at radius 3 is 2.50 bits per heavy atom. The summed E-state index contributed by atoms with van der Waals surface area (Å²) < 4.78 is 9.44. The molecule has 0 aliphatic carbocycles. The summed E-state index contributed by atoms with van der Waals surface area (Å²) in [7, 11) is 0. The van der Waals surface area contributed by atoms with Gasteiger partial charge in [0.1, 0.15) is 0 Å². The maximum absolute atomic E-state index is 10.1. The highest BCUT2D eigenvalue weighted by molar-refractivity contribution is 5.56. The van der Waals surface area contributed by atoms with Crippen LogP contribution in [0.4, 0.5) is 4.79 Å². The second-order valence-electron chi connectivity index (χ2n) is 2.42. The summed E-state index contributed by atoms with van der Waals surface area (Å²) in [5.74, 6) is 0.453. The summed E-state index contributed by atoms with van der Waals surface area (Å²) in [5, 5.41) is 8.29. The van der Waals surface area contributed by atoms with Gasteiger partial charge in [0.25, 0.3) is 0 Å². The standard InChI is InChI=1S/C8H14O4/c1-4-5-7(11-6(2)3)12-8(9)10/h7H,2,4-5H2,1,3H3,(H,9,10). The molecule has 1 N–H and O–H groups in total. The average Bonchev–Trinajstić information content (AvgIpc) is 1.84. The van der Waals surface area contributed by atoms with Gasteiger partial charge in [-0.05, 0) is 13.3 Å². The topological polar surface area (TPSA) is 55.8 Å². The Morgan fingerprint density at radius 1 is 1.58 bits per heavy atom. The molecule has 0 aliphatic heterocycles. The van der Waals surface area contributed by atoms with Gasteiger partial charge in [0.15, 0.2) is 0 Å². The van der Waals surface area contributed by atoms with Crippen molar-refractivity contribution in [1.29, 1.82) is 0 Å². The Hall–Kier alpha value is -1.19. The van der Waals surface area contributed by atoms with Gasteiger partial charge >= 0.3 is 6.16 Å². The van der Waals surface area contributed by atoms with E-state index >= 15 is 0 Å². The molecule has 0 amide bonds. The van der Waals surface area contributed by atoms with Crippen LogP contribution in [-0.4, -0.2) is 17.6 Å². The third kappa shape index (κ3) is 5.58. The van der Waals surface area contributed by atoms with E-state index in [-0.39, 0.29) is 0 Å². The molecular weight excluding hydrogens is 160 g/mol. The first kappa shape index (κ1) is 10.8. The third-order valence-corrected chi connectivity index (χ3v) is 1.09. The van der Waals surface area contributed by atoms with E-state index in [1.165, 1.54) is 0 Å². The van der Waals surface area contributed by atoms with Crippen molar-refractivity contribution in [3.63, 3.8) is 0 Å². The fourth-order valence-electron chi connectivity index (χ4n) is 0.714. The largest absolute Gasteiger partial charge is 0.508 e. The molecule has 0 rings (SSSR count). The fourth-order valence-corrected chi connectivity index (χ4v) is 0.714. The number of carboxylic acid groups (broad SMARTS) is 1. The predicted octanol–water partition coefficient (Wildman–Crippen LogP) is 2.36. The van der Waals surface area contributed by atoms with Crippen LogP contribution in [0.2, 0.25) is 0 Å². The van der Waals surface area contributed by atoms with Crippen molar-refractivity contribution in [3.05, 3.63) is 12.3 Å². The molecule has 12 heavy (non-hydrogen) atoms. The molecule has 0 bridgehead atoms. The van der Waals surface area contributed by atoms with Crippen LogP contribution in [0.15, 0.2) is 12.3 Å². The van der Waals surface area contributed by atoms with E-state index in [0.717, 1.165) is 6.42 Å². The highest BCUT2D eigenvalue weighted by Gasteiger charge is 2.12. The smallest absolute Gasteiger partial charge is 0.460 e. The van der Waals surface area contributed by atoms with Crippen LogP contribution < -0.4 is 0 Å². The van der Waals surface area contributed by atoms with Gasteiger partial charge in [0.05, 0.1) is 5.76 Å². The summed E-state index contributed by atoms with van der Waals surface area (Å²) in [6, 6.07) is 0. The molecule has 0 aromatic carbocycles. The summed E-state index contributed by atoms with van der Waals surface area (Å²) in [4.78, 5) is 10.1. The third-order valence-electron chi connectivity index (χ3n) is 1.09. The summed E-state index contributed by atoms with van der Waals surface area (Å²) in [6.45, 7) is 7.05. The highest BCUT2D eigenvalue weighted by Crippen LogP contribution is 2.08. The van der Waals surface area contributed by atoms with E-state index in [9.17, 15) is 4.79 Å². The second-order valence-corrected chi connectivity index (χ2v) is 2.42. The normalized spacial score (nSPS) is 11.8. The van der Waals surface area contributed by atoms with Gasteiger partial charge in [0, 0.05) is 6.42 Å². The van der Waals surface area contributed by atoms with Gasteiger partial charge in [-0.15, -0.1) is 0 Å². The molecule has 1 atom stereocenters. The van der Waals surface area contributed by atoms with Gasteiger partial charge in [-0.3, -0.25) is 0 Å². The van der Waals surface area contributed by atoms with E-state index < -0.39 is 12.4 Å². The number of hydrogen-bond acceptors (Lipinski definition) is 3. The first-order valence-electron chi connectivity index (χ1n) is 3.78. The van der Waals surface area contributed by atoms with Crippen molar-refractivity contribution in [1.82, 2.24) is 0 Å². The molecule has 0 spiro atoms. The van der Waals surface area contributed by atoms with Crippen molar-refractivity contribution < 1.29 is 19.4 Å². The first-order valence-corrected chi connectivity index (χ1v) is 3.78. The average molecular weight is 174 g/mol. The molecule has 4 nitrogen and oxygen atoms in total. The Balaban J connectivity index is 3.85. The maximum atomic E-state index is 10.1. The number of carbonyl (C=O) groups is 1. The maximum Gasteiger partial charge on any atom is 0.508 e. The Labute approximate surface area is 71.8 Å². The number of rotatable bonds is 5. The quantitative estimate of drug-likeness (QED) is 0.395. The molecule has 0 aliphatic rings. The van der Waals surface area contributed by atoms with Crippen LogP contribution in [-0.2, 0) is 9.47 Å². The van der Waals surface area contributed by atoms with Gasteiger partial charge in [-0.2, -0.15) is 0 Å². The molecule has 0 saturated carbocycles. The lowest BCUT2D eigenvalue weighted by molar-refractivity contribution is -0.0918. The highest BCUT2D eigenvalue weighted by atomic mass is 16.8. The van der Waals surface area contributed by atoms with E-state index in [4.69, 9.17) is 9.84 Å². The van der Waals surface area contributed by atoms with Crippen molar-refractivity contribution in [2.24, 2.45) is 0 Å².